The van der Waals surface area contributed by atoms with Crippen LogP contribution < -0.4 is 5.32 Å². The predicted molar refractivity (Wildman–Crippen MR) is 65.0 cm³/mol. The lowest BCUT2D eigenvalue weighted by atomic mass is 10.1. The van der Waals surface area contributed by atoms with Gasteiger partial charge < -0.3 is 5.32 Å². The van der Waals surface area contributed by atoms with E-state index in [1.165, 1.54) is 4.88 Å². The molecule has 3 nitrogen and oxygen atoms in total. The average Bonchev–Trinajstić information content (AvgIpc) is 2.68. The molecule has 0 amide bonds. The highest BCUT2D eigenvalue weighted by molar-refractivity contribution is 9.10. The van der Waals surface area contributed by atoms with Crippen molar-refractivity contribution in [1.29, 1.82) is 0 Å². The van der Waals surface area contributed by atoms with Crippen molar-refractivity contribution in [3.63, 3.8) is 0 Å². The summed E-state index contributed by atoms with van der Waals surface area (Å²) >= 11 is 5.24. The number of aromatic nitrogens is 2. The molecular formula is C10H10BrN3S. The van der Waals surface area contributed by atoms with Crippen LogP contribution >= 0.6 is 27.3 Å². The summed E-state index contributed by atoms with van der Waals surface area (Å²) in [6.45, 7) is 0. The van der Waals surface area contributed by atoms with Gasteiger partial charge in [0.25, 0.3) is 0 Å². The second kappa shape index (κ2) is 4.83. The molecule has 0 aromatic carbocycles. The highest BCUT2D eigenvalue weighted by atomic mass is 79.9. The van der Waals surface area contributed by atoms with E-state index in [4.69, 9.17) is 0 Å². The van der Waals surface area contributed by atoms with Crippen LogP contribution in [0.2, 0.25) is 0 Å². The summed E-state index contributed by atoms with van der Waals surface area (Å²) in [5.74, 6) is 0. The molecule has 1 unspecified atom stereocenters. The quantitative estimate of drug-likeness (QED) is 0.941. The van der Waals surface area contributed by atoms with Crippen LogP contribution in [-0.4, -0.2) is 17.0 Å². The first kappa shape index (κ1) is 10.7. The summed E-state index contributed by atoms with van der Waals surface area (Å²) in [7, 11) is 1.93. The minimum Gasteiger partial charge on any atom is -0.307 e. The summed E-state index contributed by atoms with van der Waals surface area (Å²) in [5, 5.41) is 5.31. The SMILES string of the molecule is CNC(c1ccncn1)c1sccc1Br. The number of hydrogen-bond acceptors (Lipinski definition) is 4. The molecule has 2 rings (SSSR count). The zero-order chi connectivity index (χ0) is 10.7. The van der Waals surface area contributed by atoms with Crippen LogP contribution in [0.5, 0.6) is 0 Å². The van der Waals surface area contributed by atoms with Gasteiger partial charge in [0.15, 0.2) is 0 Å². The molecule has 1 atom stereocenters. The first-order valence-electron chi connectivity index (χ1n) is 4.49. The van der Waals surface area contributed by atoms with Crippen molar-refractivity contribution in [3.05, 3.63) is 45.1 Å². The van der Waals surface area contributed by atoms with Gasteiger partial charge in [0.1, 0.15) is 6.33 Å². The van der Waals surface area contributed by atoms with Crippen LogP contribution in [0.15, 0.2) is 34.5 Å². The Morgan fingerprint density at radius 3 is 2.87 bits per heavy atom. The topological polar surface area (TPSA) is 37.8 Å². The van der Waals surface area contributed by atoms with E-state index in [-0.39, 0.29) is 6.04 Å². The molecule has 2 heterocycles. The maximum absolute atomic E-state index is 4.26. The van der Waals surface area contributed by atoms with Crippen LogP contribution in [0, 0.1) is 0 Å². The lowest BCUT2D eigenvalue weighted by Gasteiger charge is -2.14. The highest BCUT2D eigenvalue weighted by Crippen LogP contribution is 2.31. The second-order valence-corrected chi connectivity index (χ2v) is 4.79. The molecule has 0 aliphatic carbocycles. The standard InChI is InChI=1S/C10H10BrN3S/c1-12-9(8-2-4-13-6-14-8)10-7(11)3-5-15-10/h2-6,9,12H,1H3. The molecule has 0 radical (unpaired) electrons. The van der Waals surface area contributed by atoms with Crippen LogP contribution in [0.3, 0.4) is 0 Å². The Balaban J connectivity index is 2.37. The highest BCUT2D eigenvalue weighted by Gasteiger charge is 2.16. The third-order valence-electron chi connectivity index (χ3n) is 2.10. The van der Waals surface area contributed by atoms with Crippen molar-refractivity contribution < 1.29 is 0 Å². The van der Waals surface area contributed by atoms with Crippen LogP contribution in [0.1, 0.15) is 16.6 Å². The van der Waals surface area contributed by atoms with Crippen LogP contribution in [0.4, 0.5) is 0 Å². The average molecular weight is 284 g/mol. The van der Waals surface area contributed by atoms with Crippen molar-refractivity contribution >= 4 is 27.3 Å². The first-order valence-corrected chi connectivity index (χ1v) is 6.16. The number of nitrogens with zero attached hydrogens (tertiary/aromatic N) is 2. The smallest absolute Gasteiger partial charge is 0.115 e. The zero-order valence-electron chi connectivity index (χ0n) is 8.14. The Kier molecular flexibility index (Phi) is 3.45. The molecule has 1 N–H and O–H groups in total. The number of hydrogen-bond donors (Lipinski definition) is 1. The Morgan fingerprint density at radius 2 is 2.33 bits per heavy atom. The van der Waals surface area contributed by atoms with Crippen LogP contribution in [0.25, 0.3) is 0 Å². The molecule has 2 aromatic rings. The van der Waals surface area contributed by atoms with E-state index >= 15 is 0 Å². The maximum Gasteiger partial charge on any atom is 0.115 e. The van der Waals surface area contributed by atoms with Gasteiger partial charge in [-0.3, -0.25) is 0 Å². The lowest BCUT2D eigenvalue weighted by Crippen LogP contribution is -2.18. The van der Waals surface area contributed by atoms with Gasteiger partial charge in [-0.15, -0.1) is 11.3 Å². The summed E-state index contributed by atoms with van der Waals surface area (Å²) in [6.07, 6.45) is 3.33. The molecule has 0 fully saturated rings. The summed E-state index contributed by atoms with van der Waals surface area (Å²) in [4.78, 5) is 9.41. The fourth-order valence-electron chi connectivity index (χ4n) is 1.40. The Morgan fingerprint density at radius 1 is 1.47 bits per heavy atom. The predicted octanol–water partition coefficient (Wildman–Crippen LogP) is 2.61. The van der Waals surface area contributed by atoms with E-state index in [1.54, 1.807) is 23.9 Å². The fourth-order valence-corrected chi connectivity index (χ4v) is 3.12. The fraction of sp³-hybridized carbons (Fsp3) is 0.200. The Bertz CT molecular complexity index is 429. The molecule has 5 heteroatoms. The van der Waals surface area contributed by atoms with E-state index in [0.717, 1.165) is 10.2 Å². The van der Waals surface area contributed by atoms with Crippen molar-refractivity contribution in [2.75, 3.05) is 7.05 Å². The van der Waals surface area contributed by atoms with Crippen LogP contribution in [-0.2, 0) is 0 Å². The van der Waals surface area contributed by atoms with E-state index in [1.807, 2.05) is 19.2 Å². The largest absolute Gasteiger partial charge is 0.307 e. The Hall–Kier alpha value is -0.780. The minimum atomic E-state index is 0.127. The molecular weight excluding hydrogens is 274 g/mol. The molecule has 0 aliphatic heterocycles. The Labute approximate surface area is 101 Å². The first-order chi connectivity index (χ1) is 7.33. The van der Waals surface area contributed by atoms with E-state index in [2.05, 4.69) is 36.6 Å². The van der Waals surface area contributed by atoms with Crippen molar-refractivity contribution in [3.8, 4) is 0 Å². The van der Waals surface area contributed by atoms with Gasteiger partial charge in [0, 0.05) is 15.5 Å². The molecule has 0 bridgehead atoms. The van der Waals surface area contributed by atoms with Gasteiger partial charge in [-0.1, -0.05) is 0 Å². The minimum absolute atomic E-state index is 0.127. The molecule has 2 aromatic heterocycles. The van der Waals surface area contributed by atoms with Crippen molar-refractivity contribution in [2.24, 2.45) is 0 Å². The van der Waals surface area contributed by atoms with Gasteiger partial charge in [-0.2, -0.15) is 0 Å². The molecule has 15 heavy (non-hydrogen) atoms. The number of rotatable bonds is 3. The normalized spacial score (nSPS) is 12.7. The molecule has 0 aliphatic rings. The molecule has 0 saturated heterocycles. The third kappa shape index (κ3) is 2.25. The summed E-state index contributed by atoms with van der Waals surface area (Å²) in [5.41, 5.74) is 0.982. The summed E-state index contributed by atoms with van der Waals surface area (Å²) < 4.78 is 1.12. The van der Waals surface area contributed by atoms with Gasteiger partial charge in [0.2, 0.25) is 0 Å². The van der Waals surface area contributed by atoms with Crippen molar-refractivity contribution in [1.82, 2.24) is 15.3 Å². The number of nitrogens with one attached hydrogen (secondary N) is 1. The van der Waals surface area contributed by atoms with Gasteiger partial charge in [-0.05, 0) is 40.5 Å². The molecule has 0 saturated carbocycles. The molecule has 0 spiro atoms. The van der Waals surface area contributed by atoms with Gasteiger partial charge in [-0.25, -0.2) is 9.97 Å². The number of halogens is 1. The monoisotopic (exact) mass is 283 g/mol. The van der Waals surface area contributed by atoms with Crippen molar-refractivity contribution in [2.45, 2.75) is 6.04 Å². The van der Waals surface area contributed by atoms with E-state index in [9.17, 15) is 0 Å². The van der Waals surface area contributed by atoms with Gasteiger partial charge in [0.05, 0.1) is 11.7 Å². The van der Waals surface area contributed by atoms with Gasteiger partial charge >= 0.3 is 0 Å². The maximum atomic E-state index is 4.26. The summed E-state index contributed by atoms with van der Waals surface area (Å²) in [6, 6.07) is 4.10. The molecule has 78 valence electrons. The van der Waals surface area contributed by atoms with E-state index < -0.39 is 0 Å². The lowest BCUT2D eigenvalue weighted by molar-refractivity contribution is 0.677. The second-order valence-electron chi connectivity index (χ2n) is 2.99. The zero-order valence-corrected chi connectivity index (χ0v) is 10.5. The van der Waals surface area contributed by atoms with E-state index in [0.29, 0.717) is 0 Å². The third-order valence-corrected chi connectivity index (χ3v) is 4.03. The number of thiophene rings is 1.